The van der Waals surface area contributed by atoms with Crippen LogP contribution in [-0.2, 0) is 9.53 Å². The lowest BCUT2D eigenvalue weighted by atomic mass is 10.1. The van der Waals surface area contributed by atoms with Crippen LogP contribution in [0.5, 0.6) is 0 Å². The van der Waals surface area contributed by atoms with Crippen LogP contribution in [0.2, 0.25) is 0 Å². The number of benzene rings is 1. The predicted octanol–water partition coefficient (Wildman–Crippen LogP) is 0.852. The highest BCUT2D eigenvalue weighted by molar-refractivity contribution is 5.82. The van der Waals surface area contributed by atoms with E-state index in [0.29, 0.717) is 13.2 Å². The van der Waals surface area contributed by atoms with Gasteiger partial charge < -0.3 is 15.4 Å². The molecule has 0 spiro atoms. The van der Waals surface area contributed by atoms with Crippen molar-refractivity contribution in [2.24, 2.45) is 0 Å². The third-order valence-electron chi connectivity index (χ3n) is 2.90. The molecule has 0 aromatic heterocycles. The van der Waals surface area contributed by atoms with Gasteiger partial charge in [0.05, 0.1) is 19.3 Å². The molecule has 2 N–H and O–H groups in total. The Hall–Kier alpha value is -1.39. The van der Waals surface area contributed by atoms with E-state index in [9.17, 15) is 4.79 Å². The van der Waals surface area contributed by atoms with Crippen molar-refractivity contribution in [3.63, 3.8) is 0 Å². The van der Waals surface area contributed by atoms with Gasteiger partial charge in [0.2, 0.25) is 5.91 Å². The molecule has 2 rings (SSSR count). The third-order valence-corrected chi connectivity index (χ3v) is 2.90. The van der Waals surface area contributed by atoms with E-state index in [-0.39, 0.29) is 18.0 Å². The number of carbonyl (C=O) groups excluding carboxylic acids is 1. The Morgan fingerprint density at radius 2 is 2.24 bits per heavy atom. The molecule has 1 heterocycles. The molecule has 92 valence electrons. The van der Waals surface area contributed by atoms with Gasteiger partial charge in [0.1, 0.15) is 6.04 Å². The van der Waals surface area contributed by atoms with Crippen molar-refractivity contribution in [1.29, 1.82) is 0 Å². The van der Waals surface area contributed by atoms with Crippen molar-refractivity contribution in [2.75, 3.05) is 19.8 Å². The first-order valence-electron chi connectivity index (χ1n) is 5.94. The second kappa shape index (κ2) is 5.80. The van der Waals surface area contributed by atoms with Crippen LogP contribution < -0.4 is 10.6 Å². The molecule has 1 fully saturated rings. The van der Waals surface area contributed by atoms with E-state index in [1.54, 1.807) is 0 Å². The molecular weight excluding hydrogens is 216 g/mol. The minimum Gasteiger partial charge on any atom is -0.378 e. The van der Waals surface area contributed by atoms with Gasteiger partial charge in [-0.2, -0.15) is 0 Å². The summed E-state index contributed by atoms with van der Waals surface area (Å²) < 4.78 is 5.27. The zero-order valence-electron chi connectivity index (χ0n) is 9.98. The molecule has 0 saturated carbocycles. The van der Waals surface area contributed by atoms with E-state index in [2.05, 4.69) is 10.6 Å². The quantitative estimate of drug-likeness (QED) is 0.815. The van der Waals surface area contributed by atoms with Gasteiger partial charge >= 0.3 is 0 Å². The van der Waals surface area contributed by atoms with Gasteiger partial charge in [-0.25, -0.2) is 0 Å². The molecule has 1 aliphatic heterocycles. The molecule has 0 aliphatic carbocycles. The van der Waals surface area contributed by atoms with E-state index in [0.717, 1.165) is 12.1 Å². The lowest BCUT2D eigenvalue weighted by Crippen LogP contribution is -2.51. The number of carbonyl (C=O) groups is 1. The molecule has 1 unspecified atom stereocenters. The monoisotopic (exact) mass is 234 g/mol. The number of amides is 1. The van der Waals surface area contributed by atoms with Crippen LogP contribution >= 0.6 is 0 Å². The molecule has 1 aliphatic rings. The van der Waals surface area contributed by atoms with Gasteiger partial charge in [-0.1, -0.05) is 30.3 Å². The molecule has 4 nitrogen and oxygen atoms in total. The maximum atomic E-state index is 11.9. The summed E-state index contributed by atoms with van der Waals surface area (Å²) in [5.41, 5.74) is 1.11. The SMILES string of the molecule is C[C@@H](NC(=O)C1COCCN1)c1ccccc1. The van der Waals surface area contributed by atoms with E-state index < -0.39 is 0 Å². The maximum Gasteiger partial charge on any atom is 0.240 e. The van der Waals surface area contributed by atoms with Gasteiger partial charge in [0, 0.05) is 6.54 Å². The number of morpholine rings is 1. The molecule has 1 aromatic rings. The summed E-state index contributed by atoms with van der Waals surface area (Å²) in [6, 6.07) is 9.72. The highest BCUT2D eigenvalue weighted by atomic mass is 16.5. The minimum atomic E-state index is -0.227. The Morgan fingerprint density at radius 1 is 1.47 bits per heavy atom. The highest BCUT2D eigenvalue weighted by Crippen LogP contribution is 2.11. The van der Waals surface area contributed by atoms with E-state index in [1.165, 1.54) is 0 Å². The molecular formula is C13H18N2O2. The highest BCUT2D eigenvalue weighted by Gasteiger charge is 2.22. The van der Waals surface area contributed by atoms with Gasteiger partial charge in [0.15, 0.2) is 0 Å². The smallest absolute Gasteiger partial charge is 0.240 e. The van der Waals surface area contributed by atoms with Crippen LogP contribution in [0.3, 0.4) is 0 Å². The summed E-state index contributed by atoms with van der Waals surface area (Å²) in [4.78, 5) is 11.9. The Balaban J connectivity index is 1.89. The molecule has 1 amide bonds. The third kappa shape index (κ3) is 3.28. The average Bonchev–Trinajstić information content (AvgIpc) is 2.40. The van der Waals surface area contributed by atoms with Crippen LogP contribution in [0.4, 0.5) is 0 Å². The van der Waals surface area contributed by atoms with Crippen LogP contribution in [0.1, 0.15) is 18.5 Å². The Kier molecular flexibility index (Phi) is 4.12. The summed E-state index contributed by atoms with van der Waals surface area (Å²) in [6.07, 6.45) is 0. The molecule has 17 heavy (non-hydrogen) atoms. The van der Waals surface area contributed by atoms with Crippen LogP contribution in [-0.4, -0.2) is 31.7 Å². The zero-order valence-corrected chi connectivity index (χ0v) is 9.98. The Bertz CT molecular complexity index is 361. The van der Waals surface area contributed by atoms with Crippen molar-refractivity contribution in [3.8, 4) is 0 Å². The second-order valence-electron chi connectivity index (χ2n) is 4.22. The van der Waals surface area contributed by atoms with Gasteiger partial charge in [0.25, 0.3) is 0 Å². The van der Waals surface area contributed by atoms with Crippen molar-refractivity contribution in [3.05, 3.63) is 35.9 Å². The van der Waals surface area contributed by atoms with Crippen molar-refractivity contribution in [2.45, 2.75) is 19.0 Å². The van der Waals surface area contributed by atoms with Gasteiger partial charge in [-0.05, 0) is 12.5 Å². The van der Waals surface area contributed by atoms with E-state index in [1.807, 2.05) is 37.3 Å². The minimum absolute atomic E-state index is 0.000975. The summed E-state index contributed by atoms with van der Waals surface area (Å²) in [5, 5.41) is 6.12. The summed E-state index contributed by atoms with van der Waals surface area (Å²) in [5.74, 6) is 0.000975. The first-order valence-corrected chi connectivity index (χ1v) is 5.94. The first-order chi connectivity index (χ1) is 8.27. The van der Waals surface area contributed by atoms with Gasteiger partial charge in [-0.15, -0.1) is 0 Å². The fourth-order valence-electron chi connectivity index (χ4n) is 1.87. The van der Waals surface area contributed by atoms with Crippen molar-refractivity contribution < 1.29 is 9.53 Å². The normalized spacial score (nSPS) is 21.8. The largest absolute Gasteiger partial charge is 0.378 e. The summed E-state index contributed by atoms with van der Waals surface area (Å²) in [6.45, 7) is 3.85. The molecule has 0 radical (unpaired) electrons. The lowest BCUT2D eigenvalue weighted by molar-refractivity contribution is -0.126. The van der Waals surface area contributed by atoms with Crippen molar-refractivity contribution >= 4 is 5.91 Å². The Morgan fingerprint density at radius 3 is 2.88 bits per heavy atom. The average molecular weight is 234 g/mol. The molecule has 1 saturated heterocycles. The van der Waals surface area contributed by atoms with E-state index in [4.69, 9.17) is 4.74 Å². The molecule has 1 aromatic carbocycles. The second-order valence-corrected chi connectivity index (χ2v) is 4.22. The summed E-state index contributed by atoms with van der Waals surface area (Å²) >= 11 is 0. The number of nitrogens with one attached hydrogen (secondary N) is 2. The Labute approximate surface area is 101 Å². The van der Waals surface area contributed by atoms with Crippen molar-refractivity contribution in [1.82, 2.24) is 10.6 Å². The fourth-order valence-corrected chi connectivity index (χ4v) is 1.87. The predicted molar refractivity (Wildman–Crippen MR) is 65.6 cm³/mol. The molecule has 4 heteroatoms. The fraction of sp³-hybridized carbons (Fsp3) is 0.462. The first kappa shape index (κ1) is 12.1. The molecule has 0 bridgehead atoms. The number of rotatable bonds is 3. The number of hydrogen-bond acceptors (Lipinski definition) is 3. The van der Waals surface area contributed by atoms with E-state index >= 15 is 0 Å². The lowest BCUT2D eigenvalue weighted by Gasteiger charge is -2.24. The maximum absolute atomic E-state index is 11.9. The zero-order chi connectivity index (χ0) is 12.1. The number of hydrogen-bond donors (Lipinski definition) is 2. The summed E-state index contributed by atoms with van der Waals surface area (Å²) in [7, 11) is 0. The standard InChI is InChI=1S/C13H18N2O2/c1-10(11-5-3-2-4-6-11)15-13(16)12-9-17-8-7-14-12/h2-6,10,12,14H,7-9H2,1H3,(H,15,16)/t10-,12?/m1/s1. The molecule has 2 atom stereocenters. The van der Waals surface area contributed by atoms with Gasteiger partial charge in [-0.3, -0.25) is 4.79 Å². The number of ether oxygens (including phenoxy) is 1. The topological polar surface area (TPSA) is 50.4 Å². The van der Waals surface area contributed by atoms with Crippen LogP contribution in [0.25, 0.3) is 0 Å². The van der Waals surface area contributed by atoms with Crippen LogP contribution in [0.15, 0.2) is 30.3 Å². The van der Waals surface area contributed by atoms with Crippen LogP contribution in [0, 0.1) is 0 Å².